The monoisotopic (exact) mass is 303 g/mol. The van der Waals surface area contributed by atoms with Crippen LogP contribution in [0, 0.1) is 30.3 Å². The topological polar surface area (TPSA) is 165 Å². The maximum atomic E-state index is 13.2. The lowest BCUT2D eigenvalue weighted by molar-refractivity contribution is -0.880. The molecule has 0 spiro atoms. The van der Waals surface area contributed by atoms with Crippen LogP contribution in [-0.4, -0.2) is 45.8 Å². The van der Waals surface area contributed by atoms with E-state index in [2.05, 4.69) is 9.47 Å². The van der Waals surface area contributed by atoms with E-state index in [1.54, 1.807) is 0 Å². The van der Waals surface area contributed by atoms with E-state index in [1.165, 1.54) is 6.92 Å². The van der Waals surface area contributed by atoms with Crippen LogP contribution in [0.1, 0.15) is 6.92 Å². The number of halogens is 2. The maximum absolute atomic E-state index is 13.2. The minimum absolute atomic E-state index is 0.311. The number of hydrogen-bond acceptors (Lipinski definition) is 9. The lowest BCUT2D eigenvalue weighted by Crippen LogP contribution is -2.66. The highest BCUT2D eigenvalue weighted by atomic mass is 19.3. The quantitative estimate of drug-likeness (QED) is 0.211. The van der Waals surface area contributed by atoms with Gasteiger partial charge in [0.25, 0.3) is 6.61 Å². The third-order valence-electron chi connectivity index (χ3n) is 1.97. The van der Waals surface area contributed by atoms with Gasteiger partial charge >= 0.3 is 17.9 Å². The summed E-state index contributed by atoms with van der Waals surface area (Å²) < 4.78 is 34.2. The molecule has 14 heteroatoms. The van der Waals surface area contributed by atoms with Gasteiger partial charge in [-0.2, -0.15) is 0 Å². The first-order chi connectivity index (χ1) is 9.03. The number of nitro groups is 3. The van der Waals surface area contributed by atoms with Crippen LogP contribution < -0.4 is 0 Å². The van der Waals surface area contributed by atoms with E-state index in [1.807, 2.05) is 0 Å². The summed E-state index contributed by atoms with van der Waals surface area (Å²) in [7, 11) is 0. The van der Waals surface area contributed by atoms with Crippen LogP contribution in [-0.2, 0) is 9.47 Å². The molecule has 0 bridgehead atoms. The number of carbonyl (C=O) groups is 1. The molecule has 0 atom stereocenters. The van der Waals surface area contributed by atoms with Crippen LogP contribution in [0.2, 0.25) is 0 Å². The maximum Gasteiger partial charge on any atom is 0.661 e. The smallest absolute Gasteiger partial charge is 0.435 e. The Morgan fingerprint density at radius 2 is 1.50 bits per heavy atom. The molecule has 0 N–H and O–H groups in total. The van der Waals surface area contributed by atoms with E-state index < -0.39 is 39.2 Å². The summed E-state index contributed by atoms with van der Waals surface area (Å²) in [5.74, 6) is 0. The van der Waals surface area contributed by atoms with E-state index in [0.29, 0.717) is 0 Å². The molecule has 0 fully saturated rings. The first-order valence-electron chi connectivity index (χ1n) is 4.64. The number of nitrogens with zero attached hydrogens (tertiary/aromatic N) is 3. The summed E-state index contributed by atoms with van der Waals surface area (Å²) in [4.78, 5) is 35.0. The van der Waals surface area contributed by atoms with Gasteiger partial charge in [0.15, 0.2) is 0 Å². The SMILES string of the molecule is CCOC(=O)OCC([N+](=O)[O-])([N+](=O)[O-])C(F)(F)[N+](=O)[O-]. The zero-order chi connectivity index (χ0) is 16.1. The van der Waals surface area contributed by atoms with Gasteiger partial charge in [-0.15, -0.1) is 8.78 Å². The molecule has 0 aliphatic heterocycles. The fraction of sp³-hybridized carbons (Fsp3) is 0.833. The van der Waals surface area contributed by atoms with Gasteiger partial charge in [-0.05, 0) is 6.92 Å². The summed E-state index contributed by atoms with van der Waals surface area (Å²) in [5, 5.41) is 31.2. The van der Waals surface area contributed by atoms with Crippen molar-refractivity contribution in [3.05, 3.63) is 30.3 Å². The molecule has 0 aliphatic carbocycles. The van der Waals surface area contributed by atoms with Crippen molar-refractivity contribution in [1.82, 2.24) is 0 Å². The Morgan fingerprint density at radius 1 is 1.05 bits per heavy atom. The van der Waals surface area contributed by atoms with Crippen molar-refractivity contribution in [3.8, 4) is 0 Å². The average Bonchev–Trinajstić information content (AvgIpc) is 2.28. The van der Waals surface area contributed by atoms with Crippen molar-refractivity contribution >= 4 is 6.16 Å². The zero-order valence-corrected chi connectivity index (χ0v) is 9.69. The number of ether oxygens (including phenoxy) is 2. The molecule has 12 nitrogen and oxygen atoms in total. The van der Waals surface area contributed by atoms with Crippen molar-refractivity contribution in [2.45, 2.75) is 18.6 Å². The molecule has 0 saturated heterocycles. The van der Waals surface area contributed by atoms with Crippen LogP contribution in [0.25, 0.3) is 0 Å². The molecule has 0 aliphatic rings. The molecule has 0 aromatic carbocycles. The average molecular weight is 303 g/mol. The van der Waals surface area contributed by atoms with E-state index in [0.717, 1.165) is 0 Å². The van der Waals surface area contributed by atoms with Gasteiger partial charge in [0.05, 0.1) is 6.61 Å². The molecule has 0 heterocycles. The van der Waals surface area contributed by atoms with Crippen molar-refractivity contribution < 1.29 is 37.8 Å². The van der Waals surface area contributed by atoms with E-state index >= 15 is 0 Å². The Kier molecular flexibility index (Phi) is 5.18. The lowest BCUT2D eigenvalue weighted by atomic mass is 10.1. The van der Waals surface area contributed by atoms with Crippen molar-refractivity contribution in [2.24, 2.45) is 0 Å². The third kappa shape index (κ3) is 2.83. The standard InChI is InChI=1S/C6H7F2N3O9/c1-2-19-4(12)20-3-5(9(13)14,10(15)16)6(7,8)11(17)18/h2-3H2,1H3. The third-order valence-corrected chi connectivity index (χ3v) is 1.97. The van der Waals surface area contributed by atoms with E-state index in [9.17, 15) is 43.9 Å². The highest BCUT2D eigenvalue weighted by Crippen LogP contribution is 2.33. The molecule has 114 valence electrons. The second-order valence-corrected chi connectivity index (χ2v) is 3.10. The molecule has 0 saturated carbocycles. The second-order valence-electron chi connectivity index (χ2n) is 3.10. The van der Waals surface area contributed by atoms with Gasteiger partial charge in [0.1, 0.15) is 14.8 Å². The van der Waals surface area contributed by atoms with Crippen LogP contribution in [0.3, 0.4) is 0 Å². The summed E-state index contributed by atoms with van der Waals surface area (Å²) >= 11 is 0. The lowest BCUT2D eigenvalue weighted by Gasteiger charge is -2.18. The summed E-state index contributed by atoms with van der Waals surface area (Å²) in [5.41, 5.74) is -4.66. The predicted molar refractivity (Wildman–Crippen MR) is 51.6 cm³/mol. The molecule has 0 radical (unpaired) electrons. The highest BCUT2D eigenvalue weighted by molar-refractivity contribution is 5.59. The summed E-state index contributed by atoms with van der Waals surface area (Å²) in [6, 6.07) is -5.62. The van der Waals surface area contributed by atoms with Gasteiger partial charge < -0.3 is 9.47 Å². The number of rotatable bonds is 7. The molecule has 0 aromatic rings. The van der Waals surface area contributed by atoms with Crippen LogP contribution in [0.4, 0.5) is 13.6 Å². The van der Waals surface area contributed by atoms with Crippen LogP contribution >= 0.6 is 0 Å². The minimum atomic E-state index is -5.62. The molecular formula is C6H7F2N3O9. The normalized spacial score (nSPS) is 11.6. The Morgan fingerprint density at radius 3 is 1.80 bits per heavy atom. The highest BCUT2D eigenvalue weighted by Gasteiger charge is 2.87. The van der Waals surface area contributed by atoms with Gasteiger partial charge in [-0.25, -0.2) is 4.79 Å². The molecule has 0 rings (SSSR count). The Labute approximate surface area is 107 Å². The van der Waals surface area contributed by atoms with Gasteiger partial charge in [-0.1, -0.05) is 0 Å². The van der Waals surface area contributed by atoms with Gasteiger partial charge in [0.2, 0.25) is 0 Å². The zero-order valence-electron chi connectivity index (χ0n) is 9.69. The molecule has 0 amide bonds. The van der Waals surface area contributed by atoms with E-state index in [-0.39, 0.29) is 6.61 Å². The first-order valence-corrected chi connectivity index (χ1v) is 4.64. The van der Waals surface area contributed by atoms with Crippen LogP contribution in [0.5, 0.6) is 0 Å². The fourth-order valence-electron chi connectivity index (χ4n) is 0.944. The second kappa shape index (κ2) is 5.98. The summed E-state index contributed by atoms with van der Waals surface area (Å²) in [6.07, 6.45) is -1.72. The largest absolute Gasteiger partial charge is 0.661 e. The Hall–Kier alpha value is -2.67. The number of carbonyl (C=O) groups excluding carboxylic acids is 1. The number of hydrogen-bond donors (Lipinski definition) is 0. The van der Waals surface area contributed by atoms with E-state index in [4.69, 9.17) is 0 Å². The first kappa shape index (κ1) is 17.3. The van der Waals surface area contributed by atoms with Crippen molar-refractivity contribution in [2.75, 3.05) is 13.2 Å². The van der Waals surface area contributed by atoms with Crippen molar-refractivity contribution in [3.63, 3.8) is 0 Å². The molecule has 20 heavy (non-hydrogen) atoms. The molecule has 0 aromatic heterocycles. The Bertz CT molecular complexity index is 425. The molecular weight excluding hydrogens is 296 g/mol. The van der Waals surface area contributed by atoms with Gasteiger partial charge in [-0.3, -0.25) is 30.3 Å². The van der Waals surface area contributed by atoms with Crippen molar-refractivity contribution in [1.29, 1.82) is 0 Å². The number of alkyl halides is 2. The predicted octanol–water partition coefficient (Wildman–Crippen LogP) is 0.279. The van der Waals surface area contributed by atoms with Gasteiger partial charge in [0, 0.05) is 0 Å². The fourth-order valence-corrected chi connectivity index (χ4v) is 0.944. The minimum Gasteiger partial charge on any atom is -0.435 e. The molecule has 0 unspecified atom stereocenters. The van der Waals surface area contributed by atoms with Crippen LogP contribution in [0.15, 0.2) is 0 Å². The summed E-state index contributed by atoms with van der Waals surface area (Å²) in [6.45, 7) is -1.23. The Balaban J connectivity index is 5.59.